The van der Waals surface area contributed by atoms with Crippen molar-refractivity contribution >= 4 is 23.2 Å². The second-order valence-corrected chi connectivity index (χ2v) is 9.11. The summed E-state index contributed by atoms with van der Waals surface area (Å²) in [5, 5.41) is 5.42. The van der Waals surface area contributed by atoms with E-state index in [0.717, 1.165) is 29.9 Å². The van der Waals surface area contributed by atoms with Crippen molar-refractivity contribution in [2.45, 2.75) is 13.8 Å². The first-order valence-corrected chi connectivity index (χ1v) is 11.9. The Kier molecular flexibility index (Phi) is 6.12. The molecule has 0 saturated carbocycles. The Labute approximate surface area is 205 Å². The highest BCUT2D eigenvalue weighted by Gasteiger charge is 2.27. The first-order valence-electron chi connectivity index (χ1n) is 11.5. The number of amides is 1. The highest BCUT2D eigenvalue weighted by atomic mass is 35.5. The van der Waals surface area contributed by atoms with Gasteiger partial charge in [-0.05, 0) is 49.7 Å². The van der Waals surface area contributed by atoms with E-state index in [2.05, 4.69) is 36.1 Å². The zero-order valence-corrected chi connectivity index (χ0v) is 20.2. The fraction of sp³-hybridized carbons (Fsp3) is 0.214. The third kappa shape index (κ3) is 4.31. The van der Waals surface area contributed by atoms with Crippen LogP contribution in [0.25, 0.3) is 16.9 Å². The van der Waals surface area contributed by atoms with Gasteiger partial charge in [0.15, 0.2) is 0 Å². The van der Waals surface area contributed by atoms with Crippen molar-refractivity contribution in [3.05, 3.63) is 101 Å². The molecule has 1 saturated heterocycles. The summed E-state index contributed by atoms with van der Waals surface area (Å²) < 4.78 is 1.74. The summed E-state index contributed by atoms with van der Waals surface area (Å²) in [6, 6.07) is 25.9. The molecule has 1 fully saturated rings. The van der Waals surface area contributed by atoms with Gasteiger partial charge in [0.05, 0.1) is 16.4 Å². The van der Waals surface area contributed by atoms with E-state index in [1.54, 1.807) is 4.68 Å². The monoisotopic (exact) mass is 470 g/mol. The van der Waals surface area contributed by atoms with Gasteiger partial charge >= 0.3 is 0 Å². The van der Waals surface area contributed by atoms with E-state index in [9.17, 15) is 4.79 Å². The first-order chi connectivity index (χ1) is 16.5. The molecule has 0 spiro atoms. The van der Waals surface area contributed by atoms with Crippen molar-refractivity contribution in [3.8, 4) is 16.9 Å². The number of aromatic nitrogens is 2. The Hall–Kier alpha value is -3.57. The lowest BCUT2D eigenvalue weighted by Crippen LogP contribution is -2.49. The molecule has 1 amide bonds. The molecule has 0 N–H and O–H groups in total. The van der Waals surface area contributed by atoms with Crippen molar-refractivity contribution in [2.24, 2.45) is 0 Å². The number of carbonyl (C=O) groups is 1. The van der Waals surface area contributed by atoms with Gasteiger partial charge in [0, 0.05) is 37.4 Å². The normalized spacial score (nSPS) is 13.9. The van der Waals surface area contributed by atoms with Gasteiger partial charge in [-0.25, -0.2) is 4.68 Å². The Morgan fingerprint density at radius 1 is 0.853 bits per heavy atom. The fourth-order valence-corrected chi connectivity index (χ4v) is 4.68. The van der Waals surface area contributed by atoms with Crippen LogP contribution in [0, 0.1) is 13.8 Å². The first kappa shape index (κ1) is 22.2. The molecule has 2 heterocycles. The Balaban J connectivity index is 1.45. The standard InChI is InChI=1S/C28H27ClN4O/c1-20-11-13-22(14-12-20)33-27(19-25(30-33)23-8-4-5-9-24(23)29)28(34)32-17-15-31(16-18-32)26-10-6-3-7-21(26)2/h3-14,19H,15-18H2,1-2H3. The van der Waals surface area contributed by atoms with Gasteiger partial charge in [-0.1, -0.05) is 65.7 Å². The fourth-order valence-electron chi connectivity index (χ4n) is 4.45. The van der Waals surface area contributed by atoms with E-state index in [1.165, 1.54) is 11.3 Å². The molecule has 172 valence electrons. The number of anilines is 1. The number of nitrogens with zero attached hydrogens (tertiary/aromatic N) is 4. The van der Waals surface area contributed by atoms with Gasteiger partial charge in [-0.2, -0.15) is 5.10 Å². The van der Waals surface area contributed by atoms with Crippen molar-refractivity contribution < 1.29 is 4.79 Å². The van der Waals surface area contributed by atoms with Gasteiger partial charge in [0.2, 0.25) is 0 Å². The molecule has 1 aliphatic heterocycles. The molecule has 5 rings (SSSR count). The quantitative estimate of drug-likeness (QED) is 0.380. The average molecular weight is 471 g/mol. The van der Waals surface area contributed by atoms with Crippen LogP contribution in [0.3, 0.4) is 0 Å². The SMILES string of the molecule is Cc1ccc(-n2nc(-c3ccccc3Cl)cc2C(=O)N2CCN(c3ccccc3C)CC2)cc1. The molecule has 0 atom stereocenters. The number of benzene rings is 3. The van der Waals surface area contributed by atoms with Crippen molar-refractivity contribution in [2.75, 3.05) is 31.1 Å². The number of rotatable bonds is 4. The maximum absolute atomic E-state index is 13.7. The van der Waals surface area contributed by atoms with Crippen molar-refractivity contribution in [1.82, 2.24) is 14.7 Å². The lowest BCUT2D eigenvalue weighted by atomic mass is 10.1. The van der Waals surface area contributed by atoms with Crippen molar-refractivity contribution in [1.29, 1.82) is 0 Å². The average Bonchev–Trinajstić information content (AvgIpc) is 3.30. The number of aryl methyl sites for hydroxylation is 2. The summed E-state index contributed by atoms with van der Waals surface area (Å²) in [5.41, 5.74) is 6.54. The van der Waals surface area contributed by atoms with Crippen LogP contribution in [0.15, 0.2) is 78.9 Å². The van der Waals surface area contributed by atoms with Gasteiger partial charge in [0.1, 0.15) is 5.69 Å². The predicted octanol–water partition coefficient (Wildman–Crippen LogP) is 5.77. The second-order valence-electron chi connectivity index (χ2n) is 8.71. The molecule has 6 heteroatoms. The Bertz CT molecular complexity index is 1320. The maximum Gasteiger partial charge on any atom is 0.272 e. The van der Waals surface area contributed by atoms with Gasteiger partial charge in [-0.15, -0.1) is 0 Å². The molecule has 0 unspecified atom stereocenters. The Morgan fingerprint density at radius 2 is 1.53 bits per heavy atom. The van der Waals surface area contributed by atoms with Crippen LogP contribution in [0.5, 0.6) is 0 Å². The minimum absolute atomic E-state index is 0.0178. The number of hydrogen-bond donors (Lipinski definition) is 0. The third-order valence-electron chi connectivity index (χ3n) is 6.38. The van der Waals surface area contributed by atoms with E-state index >= 15 is 0 Å². The summed E-state index contributed by atoms with van der Waals surface area (Å²) in [4.78, 5) is 18.0. The molecule has 3 aromatic carbocycles. The van der Waals surface area contributed by atoms with E-state index in [0.29, 0.717) is 29.5 Å². The summed E-state index contributed by atoms with van der Waals surface area (Å²) in [5.74, 6) is -0.0178. The minimum atomic E-state index is -0.0178. The third-order valence-corrected chi connectivity index (χ3v) is 6.71. The molecule has 0 bridgehead atoms. The predicted molar refractivity (Wildman–Crippen MR) is 138 cm³/mol. The molecular weight excluding hydrogens is 444 g/mol. The lowest BCUT2D eigenvalue weighted by Gasteiger charge is -2.36. The van der Waals surface area contributed by atoms with Crippen LogP contribution in [-0.4, -0.2) is 46.8 Å². The molecular formula is C28H27ClN4O. The van der Waals surface area contributed by atoms with Gasteiger partial charge in [-0.3, -0.25) is 4.79 Å². The van der Waals surface area contributed by atoms with E-state index in [4.69, 9.17) is 16.7 Å². The molecule has 34 heavy (non-hydrogen) atoms. The van der Waals surface area contributed by atoms with E-state index < -0.39 is 0 Å². The summed E-state index contributed by atoms with van der Waals surface area (Å²) in [6.07, 6.45) is 0. The number of para-hydroxylation sites is 1. The summed E-state index contributed by atoms with van der Waals surface area (Å²) in [7, 11) is 0. The van der Waals surface area contributed by atoms with Crippen LogP contribution in [0.1, 0.15) is 21.6 Å². The molecule has 1 aromatic heterocycles. The topological polar surface area (TPSA) is 41.4 Å². The molecule has 0 radical (unpaired) electrons. The zero-order valence-electron chi connectivity index (χ0n) is 19.4. The number of carbonyl (C=O) groups excluding carboxylic acids is 1. The number of hydrogen-bond acceptors (Lipinski definition) is 3. The maximum atomic E-state index is 13.7. The van der Waals surface area contributed by atoms with Crippen LogP contribution in [0.4, 0.5) is 5.69 Å². The summed E-state index contributed by atoms with van der Waals surface area (Å²) >= 11 is 6.45. The van der Waals surface area contributed by atoms with E-state index in [1.807, 2.05) is 66.4 Å². The lowest BCUT2D eigenvalue weighted by molar-refractivity contribution is 0.0737. The smallest absolute Gasteiger partial charge is 0.272 e. The van der Waals surface area contributed by atoms with Crippen LogP contribution < -0.4 is 4.90 Å². The van der Waals surface area contributed by atoms with Crippen LogP contribution in [-0.2, 0) is 0 Å². The highest BCUT2D eigenvalue weighted by Crippen LogP contribution is 2.29. The van der Waals surface area contributed by atoms with Crippen LogP contribution in [0.2, 0.25) is 5.02 Å². The Morgan fingerprint density at radius 3 is 2.24 bits per heavy atom. The molecule has 4 aromatic rings. The van der Waals surface area contributed by atoms with E-state index in [-0.39, 0.29) is 5.91 Å². The largest absolute Gasteiger partial charge is 0.368 e. The number of halogens is 1. The zero-order chi connectivity index (χ0) is 23.7. The van der Waals surface area contributed by atoms with Gasteiger partial charge in [0.25, 0.3) is 5.91 Å². The van der Waals surface area contributed by atoms with Gasteiger partial charge < -0.3 is 9.80 Å². The molecule has 1 aliphatic rings. The summed E-state index contributed by atoms with van der Waals surface area (Å²) in [6.45, 7) is 7.09. The molecule has 5 nitrogen and oxygen atoms in total. The van der Waals surface area contributed by atoms with Crippen LogP contribution >= 0.6 is 11.6 Å². The minimum Gasteiger partial charge on any atom is -0.368 e. The highest BCUT2D eigenvalue weighted by molar-refractivity contribution is 6.33. The van der Waals surface area contributed by atoms with Crippen molar-refractivity contribution in [3.63, 3.8) is 0 Å². The second kappa shape index (κ2) is 9.35. The molecule has 0 aliphatic carbocycles. The number of piperazine rings is 1.